The number of likely N-dealkylation sites (tertiary alicyclic amines) is 1. The summed E-state index contributed by atoms with van der Waals surface area (Å²) in [5, 5.41) is 0. The number of carbonyl (C=O) groups is 1. The van der Waals surface area contributed by atoms with Crippen LogP contribution in [0.3, 0.4) is 0 Å². The SMILES string of the molecule is O=C1CO[C@H](COc2ccc(F)cc2)CN1C1CCN(CCc2ccccc2)CC1. The molecule has 2 fully saturated rings. The molecule has 1 amide bonds. The van der Waals surface area contributed by atoms with Crippen LogP contribution < -0.4 is 4.74 Å². The maximum Gasteiger partial charge on any atom is 0.248 e. The summed E-state index contributed by atoms with van der Waals surface area (Å²) in [6.07, 6.45) is 2.88. The van der Waals surface area contributed by atoms with E-state index in [1.807, 2.05) is 11.0 Å². The molecule has 0 saturated carbocycles. The number of nitrogens with zero attached hydrogens (tertiary/aromatic N) is 2. The Morgan fingerprint density at radius 1 is 1.03 bits per heavy atom. The van der Waals surface area contributed by atoms with E-state index in [1.54, 1.807) is 12.1 Å². The van der Waals surface area contributed by atoms with Gasteiger partial charge in [-0.1, -0.05) is 30.3 Å². The molecule has 2 aliphatic heterocycles. The first-order chi connectivity index (χ1) is 14.7. The maximum atomic E-state index is 13.0. The predicted molar refractivity (Wildman–Crippen MR) is 113 cm³/mol. The molecule has 0 radical (unpaired) electrons. The highest BCUT2D eigenvalue weighted by Crippen LogP contribution is 2.21. The Hall–Kier alpha value is -2.44. The summed E-state index contributed by atoms with van der Waals surface area (Å²) < 4.78 is 24.4. The lowest BCUT2D eigenvalue weighted by Crippen LogP contribution is -2.55. The third-order valence-corrected chi connectivity index (χ3v) is 5.97. The van der Waals surface area contributed by atoms with Gasteiger partial charge in [-0.25, -0.2) is 4.39 Å². The second-order valence-electron chi connectivity index (χ2n) is 8.05. The van der Waals surface area contributed by atoms with Crippen molar-refractivity contribution in [3.05, 3.63) is 66.0 Å². The molecule has 0 bridgehead atoms. The minimum absolute atomic E-state index is 0.0655. The van der Waals surface area contributed by atoms with Crippen molar-refractivity contribution in [3.63, 3.8) is 0 Å². The molecule has 30 heavy (non-hydrogen) atoms. The molecule has 5 nitrogen and oxygen atoms in total. The number of halogens is 1. The summed E-state index contributed by atoms with van der Waals surface area (Å²) in [4.78, 5) is 16.9. The largest absolute Gasteiger partial charge is 0.491 e. The fraction of sp³-hybridized carbons (Fsp3) is 0.458. The van der Waals surface area contributed by atoms with Crippen LogP contribution in [0.1, 0.15) is 18.4 Å². The number of piperidine rings is 1. The van der Waals surface area contributed by atoms with E-state index in [0.717, 1.165) is 38.9 Å². The van der Waals surface area contributed by atoms with Crippen LogP contribution in [0.25, 0.3) is 0 Å². The number of ether oxygens (including phenoxy) is 2. The fourth-order valence-electron chi connectivity index (χ4n) is 4.21. The van der Waals surface area contributed by atoms with Gasteiger partial charge in [0.2, 0.25) is 5.91 Å². The maximum absolute atomic E-state index is 13.0. The molecule has 0 N–H and O–H groups in total. The minimum Gasteiger partial charge on any atom is -0.491 e. The smallest absolute Gasteiger partial charge is 0.248 e. The van der Waals surface area contributed by atoms with Crippen LogP contribution in [0, 0.1) is 5.82 Å². The zero-order valence-corrected chi connectivity index (χ0v) is 17.2. The molecule has 1 atom stereocenters. The van der Waals surface area contributed by atoms with Crippen LogP contribution in [-0.2, 0) is 16.0 Å². The summed E-state index contributed by atoms with van der Waals surface area (Å²) in [5.74, 6) is 0.383. The number of morpholine rings is 1. The van der Waals surface area contributed by atoms with E-state index in [2.05, 4.69) is 29.2 Å². The first-order valence-corrected chi connectivity index (χ1v) is 10.7. The summed E-state index contributed by atoms with van der Waals surface area (Å²) >= 11 is 0. The third kappa shape index (κ3) is 5.58. The molecule has 0 aromatic heterocycles. The average Bonchev–Trinajstić information content (AvgIpc) is 2.79. The second-order valence-corrected chi connectivity index (χ2v) is 8.05. The van der Waals surface area contributed by atoms with Crippen molar-refractivity contribution in [2.45, 2.75) is 31.4 Å². The first kappa shape index (κ1) is 20.8. The van der Waals surface area contributed by atoms with Crippen LogP contribution in [0.5, 0.6) is 5.75 Å². The van der Waals surface area contributed by atoms with Crippen LogP contribution in [0.4, 0.5) is 4.39 Å². The highest BCUT2D eigenvalue weighted by Gasteiger charge is 2.33. The van der Waals surface area contributed by atoms with Crippen molar-refractivity contribution in [3.8, 4) is 5.75 Å². The zero-order valence-electron chi connectivity index (χ0n) is 17.2. The molecule has 2 aliphatic rings. The van der Waals surface area contributed by atoms with Gasteiger partial charge < -0.3 is 19.3 Å². The van der Waals surface area contributed by atoms with Gasteiger partial charge in [0.25, 0.3) is 0 Å². The molecule has 0 unspecified atom stereocenters. The fourth-order valence-corrected chi connectivity index (χ4v) is 4.21. The number of rotatable bonds is 7. The Morgan fingerprint density at radius 3 is 2.50 bits per heavy atom. The Bertz CT molecular complexity index is 807. The predicted octanol–water partition coefficient (Wildman–Crippen LogP) is 3.14. The molecule has 0 spiro atoms. The molecule has 160 valence electrons. The highest BCUT2D eigenvalue weighted by molar-refractivity contribution is 5.78. The number of benzene rings is 2. The van der Waals surface area contributed by atoms with Gasteiger partial charge in [-0.05, 0) is 49.1 Å². The number of carbonyl (C=O) groups excluding carboxylic acids is 1. The van der Waals surface area contributed by atoms with Gasteiger partial charge in [-0.2, -0.15) is 0 Å². The second kappa shape index (κ2) is 10.0. The van der Waals surface area contributed by atoms with Gasteiger partial charge >= 0.3 is 0 Å². The summed E-state index contributed by atoms with van der Waals surface area (Å²) in [5.41, 5.74) is 1.37. The van der Waals surface area contributed by atoms with Crippen LogP contribution in [-0.4, -0.2) is 67.2 Å². The van der Waals surface area contributed by atoms with Crippen LogP contribution >= 0.6 is 0 Å². The van der Waals surface area contributed by atoms with Gasteiger partial charge in [-0.3, -0.25) is 4.79 Å². The number of hydrogen-bond acceptors (Lipinski definition) is 4. The molecule has 6 heteroatoms. The van der Waals surface area contributed by atoms with Gasteiger partial charge in [0.1, 0.15) is 30.9 Å². The molecule has 2 aromatic carbocycles. The van der Waals surface area contributed by atoms with Crippen molar-refractivity contribution >= 4 is 5.91 Å². The van der Waals surface area contributed by atoms with E-state index in [1.165, 1.54) is 17.7 Å². The van der Waals surface area contributed by atoms with E-state index in [4.69, 9.17) is 9.47 Å². The van der Waals surface area contributed by atoms with Gasteiger partial charge in [0, 0.05) is 25.7 Å². The third-order valence-electron chi connectivity index (χ3n) is 5.97. The van der Waals surface area contributed by atoms with Crippen molar-refractivity contribution in [2.24, 2.45) is 0 Å². The molecule has 2 saturated heterocycles. The highest BCUT2D eigenvalue weighted by atomic mass is 19.1. The Morgan fingerprint density at radius 2 is 1.77 bits per heavy atom. The topological polar surface area (TPSA) is 42.0 Å². The standard InChI is InChI=1S/C24H29FN2O3/c25-20-6-8-22(9-7-20)29-17-23-16-27(24(28)18-30-23)21-11-14-26(15-12-21)13-10-19-4-2-1-3-5-19/h1-9,21,23H,10-18H2/t23-/m0/s1. The molecule has 0 aliphatic carbocycles. The zero-order chi connectivity index (χ0) is 20.8. The normalized spacial score (nSPS) is 21.0. The molecular weight excluding hydrogens is 383 g/mol. The van der Waals surface area contributed by atoms with Crippen molar-refractivity contribution < 1.29 is 18.7 Å². The van der Waals surface area contributed by atoms with E-state index < -0.39 is 0 Å². The Labute approximate surface area is 177 Å². The lowest BCUT2D eigenvalue weighted by Gasteiger charge is -2.42. The average molecular weight is 413 g/mol. The Kier molecular flexibility index (Phi) is 6.97. The number of amides is 1. The lowest BCUT2D eigenvalue weighted by molar-refractivity contribution is -0.155. The van der Waals surface area contributed by atoms with E-state index >= 15 is 0 Å². The van der Waals surface area contributed by atoms with Crippen molar-refractivity contribution in [2.75, 3.05) is 39.4 Å². The molecule has 2 aromatic rings. The van der Waals surface area contributed by atoms with E-state index in [0.29, 0.717) is 18.9 Å². The summed E-state index contributed by atoms with van der Waals surface area (Å²) in [6, 6.07) is 16.8. The van der Waals surface area contributed by atoms with Gasteiger partial charge in [0.15, 0.2) is 0 Å². The van der Waals surface area contributed by atoms with Crippen LogP contribution in [0.15, 0.2) is 54.6 Å². The van der Waals surface area contributed by atoms with Crippen molar-refractivity contribution in [1.82, 2.24) is 9.80 Å². The Balaban J connectivity index is 1.23. The summed E-state index contributed by atoms with van der Waals surface area (Å²) in [6.45, 7) is 4.09. The lowest BCUT2D eigenvalue weighted by atomic mass is 10.0. The van der Waals surface area contributed by atoms with Crippen LogP contribution in [0.2, 0.25) is 0 Å². The quantitative estimate of drug-likeness (QED) is 0.701. The van der Waals surface area contributed by atoms with E-state index in [-0.39, 0.29) is 30.5 Å². The van der Waals surface area contributed by atoms with Gasteiger partial charge in [0.05, 0.1) is 6.54 Å². The van der Waals surface area contributed by atoms with Crippen molar-refractivity contribution in [1.29, 1.82) is 0 Å². The minimum atomic E-state index is -0.289. The van der Waals surface area contributed by atoms with E-state index in [9.17, 15) is 9.18 Å². The first-order valence-electron chi connectivity index (χ1n) is 10.7. The van der Waals surface area contributed by atoms with Gasteiger partial charge in [-0.15, -0.1) is 0 Å². The number of hydrogen-bond donors (Lipinski definition) is 0. The molecule has 2 heterocycles. The monoisotopic (exact) mass is 412 g/mol. The molecular formula is C24H29FN2O3. The summed E-state index contributed by atoms with van der Waals surface area (Å²) in [7, 11) is 0. The molecule has 4 rings (SSSR count).